The molecule has 4 aromatic rings. The van der Waals surface area contributed by atoms with Crippen LogP contribution in [0.3, 0.4) is 0 Å². The lowest BCUT2D eigenvalue weighted by Gasteiger charge is -2.34. The molecule has 1 atom stereocenters. The summed E-state index contributed by atoms with van der Waals surface area (Å²) >= 11 is 6.36. The summed E-state index contributed by atoms with van der Waals surface area (Å²) in [7, 11) is -4.63. The number of anilines is 1. The normalized spacial score (nSPS) is 12.4. The van der Waals surface area contributed by atoms with E-state index < -0.39 is 51.9 Å². The molecule has 248 valence electrons. The number of hydrogen-bond donors (Lipinski definition) is 1. The van der Waals surface area contributed by atoms with Crippen LogP contribution < -0.4 is 9.62 Å². The zero-order chi connectivity index (χ0) is 34.2. The van der Waals surface area contributed by atoms with E-state index in [1.165, 1.54) is 29.2 Å². The van der Waals surface area contributed by atoms with Gasteiger partial charge in [-0.3, -0.25) is 13.9 Å². The maximum atomic E-state index is 14.5. The molecule has 0 saturated heterocycles. The van der Waals surface area contributed by atoms with Crippen molar-refractivity contribution in [3.05, 3.63) is 131 Å². The molecule has 0 aromatic heterocycles. The van der Waals surface area contributed by atoms with Gasteiger partial charge in [0.05, 0.1) is 21.2 Å². The molecule has 7 nitrogen and oxygen atoms in total. The van der Waals surface area contributed by atoms with Crippen molar-refractivity contribution in [3.63, 3.8) is 0 Å². The van der Waals surface area contributed by atoms with Crippen LogP contribution in [0.2, 0.25) is 5.02 Å². The number of halogens is 4. The molecule has 0 bridgehead atoms. The number of carbonyl (C=O) groups excluding carboxylic acids is 2. The number of alkyl halides is 3. The fraction of sp³-hybridized carbons (Fsp3) is 0.257. The van der Waals surface area contributed by atoms with Crippen molar-refractivity contribution in [3.8, 4) is 0 Å². The quantitative estimate of drug-likeness (QED) is 0.165. The molecule has 0 aliphatic heterocycles. The molecule has 0 aliphatic carbocycles. The van der Waals surface area contributed by atoms with E-state index in [1.54, 1.807) is 48.5 Å². The molecule has 12 heteroatoms. The zero-order valence-electron chi connectivity index (χ0n) is 25.8. The average molecular weight is 686 g/mol. The second kappa shape index (κ2) is 15.5. The van der Waals surface area contributed by atoms with Crippen molar-refractivity contribution < 1.29 is 31.2 Å². The Kier molecular flexibility index (Phi) is 11.7. The molecule has 0 spiro atoms. The van der Waals surface area contributed by atoms with Gasteiger partial charge in [0.25, 0.3) is 10.0 Å². The number of sulfonamides is 1. The Labute approximate surface area is 278 Å². The Morgan fingerprint density at radius 2 is 1.38 bits per heavy atom. The van der Waals surface area contributed by atoms with E-state index in [0.29, 0.717) is 22.5 Å². The highest BCUT2D eigenvalue weighted by Gasteiger charge is 2.37. The summed E-state index contributed by atoms with van der Waals surface area (Å²) in [6.07, 6.45) is -4.72. The van der Waals surface area contributed by atoms with Crippen LogP contribution in [0.5, 0.6) is 0 Å². The first-order valence-corrected chi connectivity index (χ1v) is 16.7. The molecule has 4 rings (SSSR count). The second-order valence-corrected chi connectivity index (χ2v) is 13.6. The molecule has 0 fully saturated rings. The monoisotopic (exact) mass is 685 g/mol. The topological polar surface area (TPSA) is 86.8 Å². The summed E-state index contributed by atoms with van der Waals surface area (Å²) in [5, 5.41) is 2.58. The van der Waals surface area contributed by atoms with Gasteiger partial charge < -0.3 is 10.2 Å². The van der Waals surface area contributed by atoms with Gasteiger partial charge in [-0.15, -0.1) is 0 Å². The fourth-order valence-electron chi connectivity index (χ4n) is 4.87. The lowest BCUT2D eigenvalue weighted by atomic mass is 10.0. The van der Waals surface area contributed by atoms with Crippen molar-refractivity contribution in [1.82, 2.24) is 10.2 Å². The molecule has 0 aliphatic rings. The number of carbonyl (C=O) groups is 2. The third kappa shape index (κ3) is 9.36. The Hall–Kier alpha value is -4.35. The minimum absolute atomic E-state index is 0.0815. The summed E-state index contributed by atoms with van der Waals surface area (Å²) in [4.78, 5) is 29.3. The van der Waals surface area contributed by atoms with E-state index in [2.05, 4.69) is 5.32 Å². The van der Waals surface area contributed by atoms with Crippen LogP contribution in [-0.4, -0.2) is 44.3 Å². The van der Waals surface area contributed by atoms with Gasteiger partial charge in [0, 0.05) is 19.5 Å². The summed E-state index contributed by atoms with van der Waals surface area (Å²) in [5.41, 5.74) is -0.265. The molecular formula is C35H35ClF3N3O4S. The van der Waals surface area contributed by atoms with Gasteiger partial charge in [-0.2, -0.15) is 13.2 Å². The predicted octanol–water partition coefficient (Wildman–Crippen LogP) is 6.97. The van der Waals surface area contributed by atoms with Crippen molar-refractivity contribution in [2.75, 3.05) is 17.4 Å². The van der Waals surface area contributed by atoms with Crippen LogP contribution in [0, 0.1) is 5.92 Å². The first-order valence-electron chi connectivity index (χ1n) is 14.9. The van der Waals surface area contributed by atoms with Crippen LogP contribution in [0.15, 0.2) is 114 Å². The fourth-order valence-corrected chi connectivity index (χ4v) is 6.59. The number of amides is 2. The van der Waals surface area contributed by atoms with E-state index in [0.717, 1.165) is 17.7 Å². The highest BCUT2D eigenvalue weighted by atomic mass is 35.5. The van der Waals surface area contributed by atoms with Gasteiger partial charge in [0.2, 0.25) is 11.8 Å². The van der Waals surface area contributed by atoms with E-state index in [1.807, 2.05) is 32.0 Å². The maximum absolute atomic E-state index is 14.5. The molecule has 47 heavy (non-hydrogen) atoms. The SMILES string of the molecule is CC(C)CNC(=O)C(Cc1ccccc1)N(Cc1ccccc1)C(=O)CN(c1cc(C(F)(F)F)ccc1Cl)S(=O)(=O)c1ccccc1. The van der Waals surface area contributed by atoms with Crippen molar-refractivity contribution in [2.45, 2.75) is 43.9 Å². The lowest BCUT2D eigenvalue weighted by molar-refractivity contribution is -0.140. The first-order chi connectivity index (χ1) is 22.3. The van der Waals surface area contributed by atoms with Gasteiger partial charge in [0.1, 0.15) is 12.6 Å². The van der Waals surface area contributed by atoms with Gasteiger partial charge in [-0.05, 0) is 47.4 Å². The van der Waals surface area contributed by atoms with Gasteiger partial charge >= 0.3 is 6.18 Å². The van der Waals surface area contributed by atoms with Crippen LogP contribution >= 0.6 is 11.6 Å². The largest absolute Gasteiger partial charge is 0.416 e. The third-order valence-corrected chi connectivity index (χ3v) is 9.40. The van der Waals surface area contributed by atoms with Crippen LogP contribution in [-0.2, 0) is 38.8 Å². The van der Waals surface area contributed by atoms with Crippen molar-refractivity contribution >= 4 is 39.1 Å². The van der Waals surface area contributed by atoms with Crippen molar-refractivity contribution in [1.29, 1.82) is 0 Å². The molecule has 1 N–H and O–H groups in total. The average Bonchev–Trinajstić information content (AvgIpc) is 3.05. The number of nitrogens with one attached hydrogen (secondary N) is 1. The molecule has 0 radical (unpaired) electrons. The van der Waals surface area contributed by atoms with E-state index in [-0.39, 0.29) is 28.8 Å². The Morgan fingerprint density at radius 1 is 0.830 bits per heavy atom. The third-order valence-electron chi connectivity index (χ3n) is 7.30. The summed E-state index contributed by atoms with van der Waals surface area (Å²) < 4.78 is 70.2. The summed E-state index contributed by atoms with van der Waals surface area (Å²) in [6, 6.07) is 26.1. The molecule has 1 unspecified atom stereocenters. The summed E-state index contributed by atoms with van der Waals surface area (Å²) in [5.74, 6) is -1.17. The van der Waals surface area contributed by atoms with Gasteiger partial charge in [-0.25, -0.2) is 8.42 Å². The zero-order valence-corrected chi connectivity index (χ0v) is 27.4. The number of rotatable bonds is 13. The van der Waals surface area contributed by atoms with E-state index >= 15 is 0 Å². The predicted molar refractivity (Wildman–Crippen MR) is 176 cm³/mol. The Morgan fingerprint density at radius 3 is 1.94 bits per heavy atom. The Balaban J connectivity index is 1.85. The molecule has 4 aromatic carbocycles. The highest BCUT2D eigenvalue weighted by Crippen LogP contribution is 2.37. The van der Waals surface area contributed by atoms with E-state index in [9.17, 15) is 31.2 Å². The van der Waals surface area contributed by atoms with Crippen LogP contribution in [0.25, 0.3) is 0 Å². The minimum atomic E-state index is -4.82. The van der Waals surface area contributed by atoms with Crippen LogP contribution in [0.1, 0.15) is 30.5 Å². The molecule has 0 heterocycles. The van der Waals surface area contributed by atoms with E-state index in [4.69, 9.17) is 11.6 Å². The van der Waals surface area contributed by atoms with Crippen molar-refractivity contribution in [2.24, 2.45) is 5.92 Å². The number of benzene rings is 4. The molecule has 0 saturated carbocycles. The smallest absolute Gasteiger partial charge is 0.354 e. The lowest BCUT2D eigenvalue weighted by Crippen LogP contribution is -2.53. The highest BCUT2D eigenvalue weighted by molar-refractivity contribution is 7.92. The first kappa shape index (κ1) is 35.5. The second-order valence-electron chi connectivity index (χ2n) is 11.3. The summed E-state index contributed by atoms with van der Waals surface area (Å²) in [6.45, 7) is 3.15. The molecular weight excluding hydrogens is 651 g/mol. The van der Waals surface area contributed by atoms with Gasteiger partial charge in [0.15, 0.2) is 0 Å². The maximum Gasteiger partial charge on any atom is 0.416 e. The number of nitrogens with zero attached hydrogens (tertiary/aromatic N) is 2. The Bertz CT molecular complexity index is 1760. The number of hydrogen-bond acceptors (Lipinski definition) is 4. The molecule has 2 amide bonds. The van der Waals surface area contributed by atoms with Gasteiger partial charge in [-0.1, -0.05) is 104 Å². The standard InChI is InChI=1S/C35H35ClF3N3O4S/c1-25(2)22-40-34(44)32(20-26-12-6-3-7-13-26)41(23-27-14-8-4-9-15-27)33(43)24-42(47(45,46)29-16-10-5-11-17-29)31-21-28(35(37,38)39)18-19-30(31)36/h3-19,21,25,32H,20,22-24H2,1-2H3,(H,40,44). The van der Waals surface area contributed by atoms with Crippen LogP contribution in [0.4, 0.5) is 18.9 Å². The minimum Gasteiger partial charge on any atom is -0.354 e.